The molecule has 0 saturated carbocycles. The first-order valence-electron chi connectivity index (χ1n) is 13.8. The number of pyridine rings is 1. The van der Waals surface area contributed by atoms with Crippen LogP contribution in [-0.2, 0) is 14.9 Å². The van der Waals surface area contributed by atoms with Crippen molar-refractivity contribution in [2.75, 3.05) is 47.1 Å². The molecule has 2 aliphatic rings. The standard InChI is InChI=1S/C32H38N4O4/c1-22(23-8-10-28(38-3)29(17-23)39-4)35-30(37)11-9-24-19-33-31-27(24)18-26(20-34-31)32(2)12-6-5-7-25(32)21-36-13-15-40-16-14-36/h5-11,17-20,22H,12-16,21H2,1-4H3,(H,33,34)(H,35,37)/b11-9+/t22-,32?/m1/s1. The van der Waals surface area contributed by atoms with Gasteiger partial charge in [0.25, 0.3) is 0 Å². The first kappa shape index (κ1) is 27.7. The number of allylic oxidation sites excluding steroid dienone is 3. The van der Waals surface area contributed by atoms with E-state index in [1.165, 1.54) is 11.1 Å². The third-order valence-corrected chi connectivity index (χ3v) is 8.05. The average molecular weight is 543 g/mol. The Kier molecular flexibility index (Phi) is 8.38. The number of nitrogens with one attached hydrogen (secondary N) is 2. The van der Waals surface area contributed by atoms with E-state index in [4.69, 9.17) is 19.2 Å². The summed E-state index contributed by atoms with van der Waals surface area (Å²) >= 11 is 0. The van der Waals surface area contributed by atoms with Crippen LogP contribution in [0.4, 0.5) is 0 Å². The molecule has 1 saturated heterocycles. The van der Waals surface area contributed by atoms with Crippen molar-refractivity contribution in [2.24, 2.45) is 0 Å². The van der Waals surface area contributed by atoms with Crippen LogP contribution in [0.2, 0.25) is 0 Å². The largest absolute Gasteiger partial charge is 0.493 e. The summed E-state index contributed by atoms with van der Waals surface area (Å²) < 4.78 is 16.3. The van der Waals surface area contributed by atoms with Gasteiger partial charge in [-0.2, -0.15) is 0 Å². The number of hydrogen-bond acceptors (Lipinski definition) is 6. The molecule has 2 atom stereocenters. The van der Waals surface area contributed by atoms with Gasteiger partial charge in [-0.3, -0.25) is 9.69 Å². The molecule has 5 rings (SSSR count). The highest BCUT2D eigenvalue weighted by Crippen LogP contribution is 2.39. The number of hydrogen-bond donors (Lipinski definition) is 2. The number of methoxy groups -OCH3 is 2. The lowest BCUT2D eigenvalue weighted by molar-refractivity contribution is -0.117. The smallest absolute Gasteiger partial charge is 0.244 e. The molecule has 1 amide bonds. The number of nitrogens with zero attached hydrogens (tertiary/aromatic N) is 2. The van der Waals surface area contributed by atoms with E-state index >= 15 is 0 Å². The average Bonchev–Trinajstić information content (AvgIpc) is 3.39. The number of H-pyrrole nitrogens is 1. The van der Waals surface area contributed by atoms with Crippen LogP contribution >= 0.6 is 0 Å². The molecule has 8 heteroatoms. The fraction of sp³-hybridized carbons (Fsp3) is 0.375. The highest BCUT2D eigenvalue weighted by Gasteiger charge is 2.33. The van der Waals surface area contributed by atoms with Crippen molar-refractivity contribution in [3.05, 3.63) is 83.2 Å². The number of ether oxygens (including phenoxy) is 3. The minimum atomic E-state index is -0.204. The summed E-state index contributed by atoms with van der Waals surface area (Å²) in [7, 11) is 3.20. The van der Waals surface area contributed by atoms with E-state index in [9.17, 15) is 4.79 Å². The van der Waals surface area contributed by atoms with E-state index < -0.39 is 0 Å². The third-order valence-electron chi connectivity index (χ3n) is 8.05. The maximum Gasteiger partial charge on any atom is 0.244 e. The molecule has 1 unspecified atom stereocenters. The quantitative estimate of drug-likeness (QED) is 0.372. The first-order valence-corrected chi connectivity index (χ1v) is 13.8. The predicted octanol–water partition coefficient (Wildman–Crippen LogP) is 4.95. The van der Waals surface area contributed by atoms with E-state index in [0.29, 0.717) is 11.5 Å². The Morgan fingerprint density at radius 3 is 2.80 bits per heavy atom. The Balaban J connectivity index is 1.32. The van der Waals surface area contributed by atoms with Crippen LogP contribution in [0, 0.1) is 0 Å². The Bertz CT molecular complexity index is 1450. The Hall–Kier alpha value is -3.88. The van der Waals surface area contributed by atoms with Gasteiger partial charge in [0.15, 0.2) is 11.5 Å². The zero-order chi connectivity index (χ0) is 28.1. The number of fused-ring (bicyclic) bond motifs is 1. The van der Waals surface area contributed by atoms with Crippen LogP contribution in [0.15, 0.2) is 66.5 Å². The van der Waals surface area contributed by atoms with Crippen LogP contribution in [0.25, 0.3) is 17.1 Å². The number of benzene rings is 1. The highest BCUT2D eigenvalue weighted by molar-refractivity contribution is 5.95. The van der Waals surface area contributed by atoms with Crippen LogP contribution in [0.5, 0.6) is 11.5 Å². The Labute approximate surface area is 235 Å². The van der Waals surface area contributed by atoms with E-state index in [1.807, 2.05) is 43.6 Å². The van der Waals surface area contributed by atoms with Gasteiger partial charge < -0.3 is 24.5 Å². The molecule has 0 spiro atoms. The number of carbonyl (C=O) groups is 1. The molecule has 1 aliphatic carbocycles. The minimum Gasteiger partial charge on any atom is -0.493 e. The maximum absolute atomic E-state index is 12.8. The topological polar surface area (TPSA) is 88.7 Å². The second-order valence-electron chi connectivity index (χ2n) is 10.6. The van der Waals surface area contributed by atoms with E-state index in [1.54, 1.807) is 20.3 Å². The van der Waals surface area contributed by atoms with Gasteiger partial charge in [0.05, 0.1) is 33.5 Å². The fourth-order valence-electron chi connectivity index (χ4n) is 5.43. The molecule has 3 aromatic rings. The normalized spacial score (nSPS) is 20.4. The Morgan fingerprint density at radius 2 is 2.02 bits per heavy atom. The van der Waals surface area contributed by atoms with Crippen molar-refractivity contribution in [1.82, 2.24) is 20.2 Å². The Morgan fingerprint density at radius 1 is 1.23 bits per heavy atom. The van der Waals surface area contributed by atoms with Crippen molar-refractivity contribution in [1.29, 1.82) is 0 Å². The lowest BCUT2D eigenvalue weighted by Gasteiger charge is -2.37. The van der Waals surface area contributed by atoms with Gasteiger partial charge in [0.1, 0.15) is 5.65 Å². The second kappa shape index (κ2) is 12.1. The molecule has 0 bridgehead atoms. The molecule has 8 nitrogen and oxygen atoms in total. The van der Waals surface area contributed by atoms with Gasteiger partial charge in [0, 0.05) is 54.5 Å². The second-order valence-corrected chi connectivity index (χ2v) is 10.6. The van der Waals surface area contributed by atoms with Crippen LogP contribution < -0.4 is 14.8 Å². The summed E-state index contributed by atoms with van der Waals surface area (Å²) in [5.74, 6) is 1.10. The van der Waals surface area contributed by atoms with Gasteiger partial charge in [0.2, 0.25) is 5.91 Å². The van der Waals surface area contributed by atoms with Crippen LogP contribution in [-0.4, -0.2) is 67.8 Å². The number of morpholine rings is 1. The molecule has 1 aromatic carbocycles. The van der Waals surface area contributed by atoms with Crippen molar-refractivity contribution in [3.8, 4) is 11.5 Å². The van der Waals surface area contributed by atoms with Crippen LogP contribution in [0.3, 0.4) is 0 Å². The summed E-state index contributed by atoms with van der Waals surface area (Å²) in [6.45, 7) is 8.63. The molecule has 1 fully saturated rings. The van der Waals surface area contributed by atoms with Crippen molar-refractivity contribution in [3.63, 3.8) is 0 Å². The van der Waals surface area contributed by atoms with Crippen molar-refractivity contribution >= 4 is 23.0 Å². The molecule has 2 N–H and O–H groups in total. The summed E-state index contributed by atoms with van der Waals surface area (Å²) in [5, 5.41) is 4.03. The number of aromatic amines is 1. The zero-order valence-electron chi connectivity index (χ0n) is 23.7. The number of amides is 1. The first-order chi connectivity index (χ1) is 19.4. The highest BCUT2D eigenvalue weighted by atomic mass is 16.5. The predicted molar refractivity (Wildman–Crippen MR) is 158 cm³/mol. The van der Waals surface area contributed by atoms with Crippen LogP contribution in [0.1, 0.15) is 43.0 Å². The third kappa shape index (κ3) is 5.83. The summed E-state index contributed by atoms with van der Waals surface area (Å²) in [6.07, 6.45) is 14.9. The van der Waals surface area contributed by atoms with E-state index in [0.717, 1.165) is 61.4 Å². The van der Waals surface area contributed by atoms with E-state index in [2.05, 4.69) is 46.4 Å². The molecule has 2 aromatic heterocycles. The molecular weight excluding hydrogens is 504 g/mol. The molecule has 0 radical (unpaired) electrons. The number of aromatic nitrogens is 2. The molecule has 3 heterocycles. The summed E-state index contributed by atoms with van der Waals surface area (Å²) in [4.78, 5) is 23.3. The molecular formula is C32H38N4O4. The fourth-order valence-corrected chi connectivity index (χ4v) is 5.43. The summed E-state index contributed by atoms with van der Waals surface area (Å²) in [5.41, 5.74) is 5.05. The summed E-state index contributed by atoms with van der Waals surface area (Å²) in [6, 6.07) is 7.65. The van der Waals surface area contributed by atoms with E-state index in [-0.39, 0.29) is 17.4 Å². The maximum atomic E-state index is 12.8. The minimum absolute atomic E-state index is 0.154. The zero-order valence-corrected chi connectivity index (χ0v) is 23.7. The lowest BCUT2D eigenvalue weighted by Crippen LogP contribution is -2.41. The number of rotatable bonds is 9. The van der Waals surface area contributed by atoms with Gasteiger partial charge in [-0.05, 0) is 54.3 Å². The van der Waals surface area contributed by atoms with Crippen molar-refractivity contribution < 1.29 is 19.0 Å². The van der Waals surface area contributed by atoms with Crippen molar-refractivity contribution in [2.45, 2.75) is 31.7 Å². The molecule has 40 heavy (non-hydrogen) atoms. The van der Waals surface area contributed by atoms with Gasteiger partial charge in [-0.1, -0.05) is 31.2 Å². The van der Waals surface area contributed by atoms with Gasteiger partial charge in [-0.25, -0.2) is 4.98 Å². The SMILES string of the molecule is COc1ccc([C@@H](C)NC(=O)/C=C/c2c[nH]c3ncc(C4(C)CC=CC=C4CN4CCOCC4)cc23)cc1OC. The van der Waals surface area contributed by atoms with Gasteiger partial charge >= 0.3 is 0 Å². The lowest BCUT2D eigenvalue weighted by atomic mass is 9.71. The van der Waals surface area contributed by atoms with Gasteiger partial charge in [-0.15, -0.1) is 0 Å². The molecule has 1 aliphatic heterocycles. The number of carbonyl (C=O) groups excluding carboxylic acids is 1. The monoisotopic (exact) mass is 542 g/mol. The molecule has 210 valence electrons.